The summed E-state index contributed by atoms with van der Waals surface area (Å²) in [5.74, 6) is -3.40. The zero-order valence-corrected chi connectivity index (χ0v) is 22.6. The number of carboxylic acid groups (broad SMARTS) is 1. The third-order valence-corrected chi connectivity index (χ3v) is 6.05. The summed E-state index contributed by atoms with van der Waals surface area (Å²) in [5.41, 5.74) is 17.9. The van der Waals surface area contributed by atoms with Crippen LogP contribution in [0.15, 0.2) is 53.5 Å². The average Bonchev–Trinajstić information content (AvgIpc) is 2.91. The number of benzene rings is 2. The Balaban J connectivity index is 2.05. The second-order valence-electron chi connectivity index (χ2n) is 9.49. The fourth-order valence-corrected chi connectivity index (χ4v) is 3.77. The Hall–Kier alpha value is -4.85. The molecule has 222 valence electrons. The lowest BCUT2D eigenvalue weighted by atomic mass is 10.0. The van der Waals surface area contributed by atoms with Crippen molar-refractivity contribution >= 4 is 29.7 Å². The molecule has 2 aromatic rings. The molecule has 0 aliphatic heterocycles. The van der Waals surface area contributed by atoms with Crippen LogP contribution in [0.3, 0.4) is 0 Å². The van der Waals surface area contributed by atoms with Crippen LogP contribution in [-0.2, 0) is 32.0 Å². The first kappa shape index (κ1) is 32.4. The zero-order valence-electron chi connectivity index (χ0n) is 22.6. The summed E-state index contributed by atoms with van der Waals surface area (Å²) < 4.78 is 0. The molecule has 4 atom stereocenters. The number of nitrogens with zero attached hydrogens (tertiary/aromatic N) is 1. The number of carbonyl (C=O) groups excluding carboxylic acids is 3. The molecule has 0 bridgehead atoms. The summed E-state index contributed by atoms with van der Waals surface area (Å²) >= 11 is 0. The number of carbonyl (C=O) groups is 4. The van der Waals surface area contributed by atoms with E-state index >= 15 is 0 Å². The molecule has 0 heterocycles. The van der Waals surface area contributed by atoms with E-state index in [1.54, 1.807) is 12.1 Å². The number of guanidine groups is 1. The Kier molecular flexibility index (Phi) is 12.4. The predicted octanol–water partition coefficient (Wildman–Crippen LogP) is -1.18. The summed E-state index contributed by atoms with van der Waals surface area (Å²) in [5, 5.41) is 36.0. The highest BCUT2D eigenvalue weighted by molar-refractivity contribution is 5.94. The third-order valence-electron chi connectivity index (χ3n) is 6.05. The summed E-state index contributed by atoms with van der Waals surface area (Å²) in [6.45, 7) is 1.58. The molecule has 14 nitrogen and oxygen atoms in total. The van der Waals surface area contributed by atoms with Crippen LogP contribution < -0.4 is 33.2 Å². The standard InChI is InChI=1S/C27H37N7O7/c1-15(32-24(38)20(28)13-16-4-8-18(35)9-5-16)23(37)33-21(3-2-12-31-27(29)30)25(39)34-22(26(40)41)14-17-6-10-19(36)11-7-17/h4-11,15,20-22,35-36H,2-3,12-14,28H2,1H3,(H,32,38)(H,33,37)(H,34,39)(H,40,41)(H4,29,30,31). The van der Waals surface area contributed by atoms with Gasteiger partial charge in [-0.15, -0.1) is 0 Å². The molecule has 0 fully saturated rings. The minimum Gasteiger partial charge on any atom is -0.508 e. The minimum atomic E-state index is -1.32. The van der Waals surface area contributed by atoms with Crippen LogP contribution in [0.2, 0.25) is 0 Å². The van der Waals surface area contributed by atoms with Crippen molar-refractivity contribution in [2.75, 3.05) is 6.54 Å². The van der Waals surface area contributed by atoms with Crippen molar-refractivity contribution in [1.82, 2.24) is 16.0 Å². The van der Waals surface area contributed by atoms with Crippen molar-refractivity contribution in [1.29, 1.82) is 0 Å². The van der Waals surface area contributed by atoms with Gasteiger partial charge in [0.05, 0.1) is 6.04 Å². The SMILES string of the molecule is CC(NC(=O)C(N)Cc1ccc(O)cc1)C(=O)NC(CCCN=C(N)N)C(=O)NC(Cc1ccc(O)cc1)C(=O)O. The van der Waals surface area contributed by atoms with Gasteiger partial charge in [-0.25, -0.2) is 4.79 Å². The lowest BCUT2D eigenvalue weighted by Crippen LogP contribution is -2.56. The number of phenols is 2. The smallest absolute Gasteiger partial charge is 0.326 e. The molecular weight excluding hydrogens is 534 g/mol. The van der Waals surface area contributed by atoms with Gasteiger partial charge in [0, 0.05) is 13.0 Å². The molecule has 4 unspecified atom stereocenters. The maximum atomic E-state index is 13.1. The number of carboxylic acids is 1. The van der Waals surface area contributed by atoms with E-state index in [0.29, 0.717) is 11.1 Å². The second-order valence-corrected chi connectivity index (χ2v) is 9.49. The molecule has 12 N–H and O–H groups in total. The average molecular weight is 572 g/mol. The van der Waals surface area contributed by atoms with Crippen molar-refractivity contribution in [2.45, 2.75) is 56.8 Å². The number of aromatic hydroxyl groups is 2. The van der Waals surface area contributed by atoms with Gasteiger partial charge in [0.1, 0.15) is 29.6 Å². The van der Waals surface area contributed by atoms with Gasteiger partial charge < -0.3 is 48.5 Å². The first-order valence-electron chi connectivity index (χ1n) is 12.9. The Labute approximate surface area is 237 Å². The normalized spacial score (nSPS) is 13.6. The van der Waals surface area contributed by atoms with Crippen LogP contribution >= 0.6 is 0 Å². The molecule has 0 saturated heterocycles. The van der Waals surface area contributed by atoms with Gasteiger partial charge >= 0.3 is 5.97 Å². The topological polar surface area (TPSA) is 255 Å². The number of aliphatic imine (C=N–C) groups is 1. The highest BCUT2D eigenvalue weighted by Gasteiger charge is 2.29. The van der Waals surface area contributed by atoms with Gasteiger partial charge in [0.15, 0.2) is 5.96 Å². The van der Waals surface area contributed by atoms with Gasteiger partial charge in [-0.1, -0.05) is 24.3 Å². The number of phenolic OH excluding ortho intramolecular Hbond substituents is 2. The fourth-order valence-electron chi connectivity index (χ4n) is 3.77. The largest absolute Gasteiger partial charge is 0.508 e. The second kappa shape index (κ2) is 15.7. The zero-order chi connectivity index (χ0) is 30.5. The van der Waals surface area contributed by atoms with E-state index in [0.717, 1.165) is 0 Å². The van der Waals surface area contributed by atoms with Crippen LogP contribution in [0.25, 0.3) is 0 Å². The molecule has 0 aliphatic rings. The Bertz CT molecular complexity index is 1220. The van der Waals surface area contributed by atoms with Gasteiger partial charge in [0.2, 0.25) is 17.7 Å². The van der Waals surface area contributed by atoms with Crippen molar-refractivity contribution in [3.63, 3.8) is 0 Å². The van der Waals surface area contributed by atoms with E-state index < -0.39 is 47.9 Å². The highest BCUT2D eigenvalue weighted by Crippen LogP contribution is 2.13. The third kappa shape index (κ3) is 11.4. The Morgan fingerprint density at radius 1 is 0.780 bits per heavy atom. The summed E-state index contributed by atoms with van der Waals surface area (Å²) in [6, 6.07) is 7.49. The lowest BCUT2D eigenvalue weighted by molar-refractivity contribution is -0.142. The van der Waals surface area contributed by atoms with Crippen molar-refractivity contribution in [2.24, 2.45) is 22.2 Å². The molecule has 0 aromatic heterocycles. The number of hydrogen-bond donors (Lipinski definition) is 9. The van der Waals surface area contributed by atoms with E-state index in [1.165, 1.54) is 43.3 Å². The summed E-state index contributed by atoms with van der Waals surface area (Å²) in [7, 11) is 0. The molecule has 41 heavy (non-hydrogen) atoms. The Morgan fingerprint density at radius 3 is 1.80 bits per heavy atom. The maximum absolute atomic E-state index is 13.1. The van der Waals surface area contributed by atoms with E-state index in [4.69, 9.17) is 17.2 Å². The first-order valence-corrected chi connectivity index (χ1v) is 12.9. The molecule has 0 aliphatic carbocycles. The monoisotopic (exact) mass is 571 g/mol. The van der Waals surface area contributed by atoms with Gasteiger partial charge in [-0.05, 0) is 61.6 Å². The van der Waals surface area contributed by atoms with Crippen LogP contribution in [0.1, 0.15) is 30.9 Å². The number of amides is 3. The quantitative estimate of drug-likeness (QED) is 0.0702. The van der Waals surface area contributed by atoms with Crippen LogP contribution in [-0.4, -0.2) is 75.7 Å². The number of hydrogen-bond acceptors (Lipinski definition) is 8. The Morgan fingerprint density at radius 2 is 1.29 bits per heavy atom. The summed E-state index contributed by atoms with van der Waals surface area (Å²) in [6.07, 6.45) is 0.445. The first-order chi connectivity index (χ1) is 19.3. The van der Waals surface area contributed by atoms with Crippen LogP contribution in [0, 0.1) is 0 Å². The molecule has 3 amide bonds. The van der Waals surface area contributed by atoms with E-state index in [2.05, 4.69) is 20.9 Å². The van der Waals surface area contributed by atoms with E-state index in [1.807, 2.05) is 0 Å². The van der Waals surface area contributed by atoms with E-state index in [9.17, 15) is 34.5 Å². The van der Waals surface area contributed by atoms with Crippen molar-refractivity contribution < 1.29 is 34.5 Å². The number of rotatable bonds is 15. The number of nitrogens with two attached hydrogens (primary N) is 3. The molecular formula is C27H37N7O7. The lowest BCUT2D eigenvalue weighted by Gasteiger charge is -2.24. The number of nitrogens with one attached hydrogen (secondary N) is 3. The maximum Gasteiger partial charge on any atom is 0.326 e. The highest BCUT2D eigenvalue weighted by atomic mass is 16.4. The molecule has 0 spiro atoms. The molecule has 2 aromatic carbocycles. The van der Waals surface area contributed by atoms with Crippen molar-refractivity contribution in [3.05, 3.63) is 59.7 Å². The fraction of sp³-hybridized carbons (Fsp3) is 0.370. The predicted molar refractivity (Wildman–Crippen MR) is 151 cm³/mol. The van der Waals surface area contributed by atoms with Crippen molar-refractivity contribution in [3.8, 4) is 11.5 Å². The summed E-state index contributed by atoms with van der Waals surface area (Å²) in [4.78, 5) is 54.3. The van der Waals surface area contributed by atoms with Crippen LogP contribution in [0.5, 0.6) is 11.5 Å². The van der Waals surface area contributed by atoms with Gasteiger partial charge in [-0.2, -0.15) is 0 Å². The molecule has 0 radical (unpaired) electrons. The minimum absolute atomic E-state index is 0.00994. The van der Waals surface area contributed by atoms with Gasteiger partial charge in [0.25, 0.3) is 0 Å². The number of aliphatic carboxylic acids is 1. The molecule has 14 heteroatoms. The van der Waals surface area contributed by atoms with Gasteiger partial charge in [-0.3, -0.25) is 19.4 Å². The molecule has 0 saturated carbocycles. The molecule has 2 rings (SSSR count). The van der Waals surface area contributed by atoms with E-state index in [-0.39, 0.29) is 49.7 Å². The van der Waals surface area contributed by atoms with Crippen LogP contribution in [0.4, 0.5) is 0 Å².